The second-order valence-corrected chi connectivity index (χ2v) is 6.00. The fourth-order valence-electron chi connectivity index (χ4n) is 2.82. The van der Waals surface area contributed by atoms with E-state index in [0.29, 0.717) is 37.1 Å². The Bertz CT molecular complexity index is 868. The number of nitrogens with zero attached hydrogens (tertiary/aromatic N) is 5. The summed E-state index contributed by atoms with van der Waals surface area (Å²) < 4.78 is 20.5. The molecule has 8 heteroatoms. The van der Waals surface area contributed by atoms with Crippen molar-refractivity contribution >= 4 is 0 Å². The largest absolute Gasteiger partial charge is 0.493 e. The van der Waals surface area contributed by atoms with Crippen LogP contribution in [0.5, 0.6) is 11.5 Å². The van der Waals surface area contributed by atoms with Crippen LogP contribution in [0.15, 0.2) is 30.6 Å². The average molecular weight is 371 g/mol. The topological polar surface area (TPSA) is 76.2 Å². The number of hydrogen-bond donors (Lipinski definition) is 0. The molecule has 0 aliphatic rings. The maximum Gasteiger partial charge on any atom is 0.188 e. The highest BCUT2D eigenvalue weighted by Gasteiger charge is 2.18. The lowest BCUT2D eigenvalue weighted by molar-refractivity contribution is 0.136. The van der Waals surface area contributed by atoms with E-state index in [9.17, 15) is 0 Å². The molecular formula is C19H25N5O3. The van der Waals surface area contributed by atoms with Gasteiger partial charge in [0.15, 0.2) is 23.1 Å². The average Bonchev–Trinajstić information content (AvgIpc) is 3.22. The summed E-state index contributed by atoms with van der Waals surface area (Å²) in [4.78, 5) is 9.05. The van der Waals surface area contributed by atoms with Gasteiger partial charge in [-0.3, -0.25) is 0 Å². The van der Waals surface area contributed by atoms with E-state index in [0.717, 1.165) is 17.2 Å². The third-order valence-corrected chi connectivity index (χ3v) is 4.12. The van der Waals surface area contributed by atoms with E-state index in [2.05, 4.69) is 10.1 Å². The quantitative estimate of drug-likeness (QED) is 0.538. The second kappa shape index (κ2) is 8.68. The van der Waals surface area contributed by atoms with E-state index in [4.69, 9.17) is 19.2 Å². The summed E-state index contributed by atoms with van der Waals surface area (Å²) in [6.07, 6.45) is 1.78. The molecule has 8 nitrogen and oxygen atoms in total. The molecule has 0 saturated heterocycles. The summed E-state index contributed by atoms with van der Waals surface area (Å²) >= 11 is 0. The third kappa shape index (κ3) is 4.28. The molecule has 0 N–H and O–H groups in total. The summed E-state index contributed by atoms with van der Waals surface area (Å²) in [5, 5.41) is 4.61. The number of hydrogen-bond acceptors (Lipinski definition) is 6. The zero-order valence-corrected chi connectivity index (χ0v) is 16.2. The van der Waals surface area contributed by atoms with Gasteiger partial charge in [0, 0.05) is 13.7 Å². The number of benzene rings is 1. The van der Waals surface area contributed by atoms with Crippen LogP contribution in [0.1, 0.15) is 18.4 Å². The van der Waals surface area contributed by atoms with Gasteiger partial charge in [-0.05, 0) is 26.0 Å². The van der Waals surface area contributed by atoms with E-state index in [1.807, 2.05) is 54.4 Å². The molecule has 3 aromatic rings. The highest BCUT2D eigenvalue weighted by molar-refractivity contribution is 5.53. The van der Waals surface area contributed by atoms with Crippen molar-refractivity contribution in [1.82, 2.24) is 24.3 Å². The summed E-state index contributed by atoms with van der Waals surface area (Å²) in [5.74, 6) is 2.68. The molecule has 2 heterocycles. The van der Waals surface area contributed by atoms with Gasteiger partial charge in [-0.15, -0.1) is 0 Å². The Balaban J connectivity index is 1.84. The number of methoxy groups -OCH3 is 1. The predicted octanol–water partition coefficient (Wildman–Crippen LogP) is 2.61. The fraction of sp³-hybridized carbons (Fsp3) is 0.421. The van der Waals surface area contributed by atoms with Gasteiger partial charge in [0.1, 0.15) is 12.3 Å². The Morgan fingerprint density at radius 2 is 1.93 bits per heavy atom. The molecule has 0 amide bonds. The first-order chi connectivity index (χ1) is 13.1. The van der Waals surface area contributed by atoms with Crippen LogP contribution < -0.4 is 9.47 Å². The molecule has 0 aliphatic carbocycles. The molecule has 27 heavy (non-hydrogen) atoms. The van der Waals surface area contributed by atoms with Crippen LogP contribution in [0, 0.1) is 6.92 Å². The summed E-state index contributed by atoms with van der Waals surface area (Å²) in [6.45, 7) is 6.01. The highest BCUT2D eigenvalue weighted by atomic mass is 16.5. The molecule has 3 rings (SSSR count). The Kier molecular flexibility index (Phi) is 6.08. The number of aromatic nitrogens is 5. The Hall–Kier alpha value is -2.87. The van der Waals surface area contributed by atoms with Crippen molar-refractivity contribution < 1.29 is 14.2 Å². The molecule has 0 fully saturated rings. The number of aryl methyl sites for hydroxylation is 2. The normalized spacial score (nSPS) is 11.0. The second-order valence-electron chi connectivity index (χ2n) is 6.00. The maximum atomic E-state index is 5.87. The van der Waals surface area contributed by atoms with E-state index < -0.39 is 0 Å². The Labute approximate surface area is 158 Å². The van der Waals surface area contributed by atoms with Gasteiger partial charge in [-0.2, -0.15) is 5.10 Å². The van der Waals surface area contributed by atoms with Crippen LogP contribution >= 0.6 is 0 Å². The number of rotatable bonds is 9. The molecular weight excluding hydrogens is 346 g/mol. The molecule has 0 atom stereocenters. The van der Waals surface area contributed by atoms with Gasteiger partial charge in [0.05, 0.1) is 32.3 Å². The van der Waals surface area contributed by atoms with E-state index in [1.165, 1.54) is 0 Å². The maximum absolute atomic E-state index is 5.87. The summed E-state index contributed by atoms with van der Waals surface area (Å²) in [7, 11) is 3.56. The van der Waals surface area contributed by atoms with Crippen molar-refractivity contribution in [2.24, 2.45) is 7.05 Å². The first kappa shape index (κ1) is 18.9. The zero-order valence-electron chi connectivity index (χ0n) is 16.2. The Morgan fingerprint density at radius 3 is 2.59 bits per heavy atom. The third-order valence-electron chi connectivity index (χ3n) is 4.12. The molecule has 0 aliphatic heterocycles. The number of ether oxygens (including phenoxy) is 3. The monoisotopic (exact) mass is 371 g/mol. The number of para-hydroxylation sites is 2. The van der Waals surface area contributed by atoms with Gasteiger partial charge >= 0.3 is 0 Å². The molecule has 0 unspecified atom stereocenters. The van der Waals surface area contributed by atoms with Crippen molar-refractivity contribution in [3.8, 4) is 23.0 Å². The van der Waals surface area contributed by atoms with Crippen LogP contribution in [-0.2, 0) is 24.9 Å². The lowest BCUT2D eigenvalue weighted by Crippen LogP contribution is -2.10. The van der Waals surface area contributed by atoms with Crippen molar-refractivity contribution in [2.75, 3.05) is 20.3 Å². The number of imidazole rings is 1. The molecule has 0 bridgehead atoms. The van der Waals surface area contributed by atoms with Crippen molar-refractivity contribution in [3.05, 3.63) is 42.1 Å². The Morgan fingerprint density at radius 1 is 1.15 bits per heavy atom. The van der Waals surface area contributed by atoms with Crippen LogP contribution in [0.4, 0.5) is 0 Å². The van der Waals surface area contributed by atoms with E-state index in [-0.39, 0.29) is 6.61 Å². The summed E-state index contributed by atoms with van der Waals surface area (Å²) in [6, 6.07) is 7.51. The summed E-state index contributed by atoms with van der Waals surface area (Å²) in [5.41, 5.74) is 1.84. The van der Waals surface area contributed by atoms with E-state index in [1.54, 1.807) is 13.4 Å². The minimum Gasteiger partial charge on any atom is -0.493 e. The lowest BCUT2D eigenvalue weighted by Gasteiger charge is -2.08. The van der Waals surface area contributed by atoms with Crippen LogP contribution in [0.2, 0.25) is 0 Å². The molecule has 144 valence electrons. The van der Waals surface area contributed by atoms with Gasteiger partial charge in [0.2, 0.25) is 0 Å². The molecule has 0 spiro atoms. The molecule has 0 radical (unpaired) electrons. The van der Waals surface area contributed by atoms with Crippen LogP contribution in [-0.4, -0.2) is 44.6 Å². The van der Waals surface area contributed by atoms with Crippen LogP contribution in [0.25, 0.3) is 11.5 Å². The van der Waals surface area contributed by atoms with Crippen molar-refractivity contribution in [3.63, 3.8) is 0 Å². The zero-order chi connectivity index (χ0) is 19.2. The van der Waals surface area contributed by atoms with E-state index >= 15 is 0 Å². The highest BCUT2D eigenvalue weighted by Crippen LogP contribution is 2.27. The first-order valence-electron chi connectivity index (χ1n) is 8.89. The minimum absolute atomic E-state index is 0.242. The van der Waals surface area contributed by atoms with Crippen LogP contribution in [0.3, 0.4) is 0 Å². The SMILES string of the molecule is CCOCCn1nc(COc2ccccc2OC)nc1-c1c(C)ncn1C. The van der Waals surface area contributed by atoms with Gasteiger partial charge in [0.25, 0.3) is 0 Å². The lowest BCUT2D eigenvalue weighted by atomic mass is 10.3. The fourth-order valence-corrected chi connectivity index (χ4v) is 2.82. The van der Waals surface area contributed by atoms with Gasteiger partial charge in [-0.1, -0.05) is 12.1 Å². The smallest absolute Gasteiger partial charge is 0.188 e. The van der Waals surface area contributed by atoms with Gasteiger partial charge < -0.3 is 18.8 Å². The van der Waals surface area contributed by atoms with Crippen molar-refractivity contribution in [1.29, 1.82) is 0 Å². The standard InChI is InChI=1S/C19H25N5O3/c1-5-26-11-10-24-19(18-14(2)20-13-23(18)3)21-17(22-24)12-27-16-9-7-6-8-15(16)25-4/h6-9,13H,5,10-12H2,1-4H3. The molecule has 2 aromatic heterocycles. The first-order valence-corrected chi connectivity index (χ1v) is 8.89. The van der Waals surface area contributed by atoms with Crippen molar-refractivity contribution in [2.45, 2.75) is 27.0 Å². The minimum atomic E-state index is 0.242. The predicted molar refractivity (Wildman–Crippen MR) is 101 cm³/mol. The molecule has 0 saturated carbocycles. The molecule has 1 aromatic carbocycles. The van der Waals surface area contributed by atoms with Gasteiger partial charge in [-0.25, -0.2) is 14.6 Å².